The quantitative estimate of drug-likeness (QED) is 0.737. The van der Waals surface area contributed by atoms with Crippen LogP contribution in [0.2, 0.25) is 0 Å². The highest BCUT2D eigenvalue weighted by Gasteiger charge is 2.12. The lowest BCUT2D eigenvalue weighted by atomic mass is 10.2. The van der Waals surface area contributed by atoms with E-state index in [4.69, 9.17) is 4.52 Å². The molecule has 0 aliphatic rings. The largest absolute Gasteiger partial charge is 0.338 e. The van der Waals surface area contributed by atoms with E-state index in [1.54, 1.807) is 13.8 Å². The molecule has 0 spiro atoms. The number of nitrogens with zero attached hydrogens (tertiary/aromatic N) is 1. The van der Waals surface area contributed by atoms with E-state index in [0.29, 0.717) is 5.88 Å². The molecule has 0 unspecified atom stereocenters. The van der Waals surface area contributed by atoms with E-state index in [9.17, 15) is 9.59 Å². The molecule has 1 amide bonds. The summed E-state index contributed by atoms with van der Waals surface area (Å²) in [6, 6.07) is 0. The number of Topliss-reactive ketones (excluding diaryl/α,β-unsaturated/α-hetero) is 1. The van der Waals surface area contributed by atoms with Gasteiger partial charge in [-0.2, -0.15) is 0 Å². The van der Waals surface area contributed by atoms with Crippen molar-refractivity contribution in [1.29, 1.82) is 0 Å². The van der Waals surface area contributed by atoms with Gasteiger partial charge in [-0.15, -0.1) is 0 Å². The standard InChI is InChI=1S/C9H12N2O3/c1-5(12)4-8(13)10-9-6(2)7(3)11-14-9/h4H2,1-3H3,(H,10,13). The lowest BCUT2D eigenvalue weighted by Gasteiger charge is -1.99. The lowest BCUT2D eigenvalue weighted by Crippen LogP contribution is -2.14. The first-order chi connectivity index (χ1) is 6.50. The third-order valence-electron chi connectivity index (χ3n) is 1.82. The lowest BCUT2D eigenvalue weighted by molar-refractivity contribution is -0.124. The number of hydrogen-bond acceptors (Lipinski definition) is 4. The van der Waals surface area contributed by atoms with E-state index in [0.717, 1.165) is 11.3 Å². The van der Waals surface area contributed by atoms with Crippen LogP contribution in [0.4, 0.5) is 5.88 Å². The second-order valence-corrected chi connectivity index (χ2v) is 3.15. The Bertz CT molecular complexity index is 368. The Morgan fingerprint density at radius 2 is 2.07 bits per heavy atom. The molecule has 1 aromatic rings. The summed E-state index contributed by atoms with van der Waals surface area (Å²) >= 11 is 0. The molecule has 0 saturated heterocycles. The first-order valence-electron chi connectivity index (χ1n) is 4.23. The van der Waals surface area contributed by atoms with Gasteiger partial charge in [0.05, 0.1) is 12.1 Å². The van der Waals surface area contributed by atoms with E-state index >= 15 is 0 Å². The zero-order valence-corrected chi connectivity index (χ0v) is 8.38. The molecular formula is C9H12N2O3. The Morgan fingerprint density at radius 3 is 2.50 bits per heavy atom. The maximum absolute atomic E-state index is 11.2. The second-order valence-electron chi connectivity index (χ2n) is 3.15. The number of amides is 1. The van der Waals surface area contributed by atoms with Crippen molar-refractivity contribution in [3.05, 3.63) is 11.3 Å². The summed E-state index contributed by atoms with van der Waals surface area (Å²) in [4.78, 5) is 21.8. The maximum atomic E-state index is 11.2. The highest BCUT2D eigenvalue weighted by molar-refractivity contribution is 6.03. The molecule has 5 heteroatoms. The molecule has 1 heterocycles. The first-order valence-corrected chi connectivity index (χ1v) is 4.23. The summed E-state index contributed by atoms with van der Waals surface area (Å²) in [5.74, 6) is -0.248. The van der Waals surface area contributed by atoms with Gasteiger partial charge in [-0.3, -0.25) is 14.9 Å². The average molecular weight is 196 g/mol. The van der Waals surface area contributed by atoms with Gasteiger partial charge in [0, 0.05) is 5.56 Å². The Balaban J connectivity index is 2.65. The predicted molar refractivity (Wildman–Crippen MR) is 49.9 cm³/mol. The SMILES string of the molecule is CC(=O)CC(=O)Nc1onc(C)c1C. The smallest absolute Gasteiger partial charge is 0.234 e. The van der Waals surface area contributed by atoms with Crippen LogP contribution < -0.4 is 5.32 Å². The molecule has 0 bridgehead atoms. The molecule has 1 aromatic heterocycles. The van der Waals surface area contributed by atoms with E-state index in [-0.39, 0.29) is 18.1 Å². The monoisotopic (exact) mass is 196 g/mol. The summed E-state index contributed by atoms with van der Waals surface area (Å²) in [5.41, 5.74) is 1.50. The van der Waals surface area contributed by atoms with Crippen molar-refractivity contribution in [1.82, 2.24) is 5.16 Å². The molecule has 0 saturated carbocycles. The topological polar surface area (TPSA) is 72.2 Å². The van der Waals surface area contributed by atoms with Gasteiger partial charge < -0.3 is 4.52 Å². The molecule has 0 atom stereocenters. The van der Waals surface area contributed by atoms with Crippen molar-refractivity contribution in [2.75, 3.05) is 5.32 Å². The average Bonchev–Trinajstić information content (AvgIpc) is 2.34. The van der Waals surface area contributed by atoms with Crippen LogP contribution in [0.1, 0.15) is 24.6 Å². The number of ketones is 1. The van der Waals surface area contributed by atoms with Crippen LogP contribution in [0.25, 0.3) is 0 Å². The maximum Gasteiger partial charge on any atom is 0.234 e. The molecule has 0 radical (unpaired) electrons. The van der Waals surface area contributed by atoms with Crippen LogP contribution >= 0.6 is 0 Å². The predicted octanol–water partition coefficient (Wildman–Crippen LogP) is 1.21. The number of nitrogens with one attached hydrogen (secondary N) is 1. The molecule has 0 aromatic carbocycles. The molecule has 0 fully saturated rings. The molecule has 5 nitrogen and oxygen atoms in total. The van der Waals surface area contributed by atoms with Crippen molar-refractivity contribution >= 4 is 17.6 Å². The number of aryl methyl sites for hydroxylation is 1. The summed E-state index contributed by atoms with van der Waals surface area (Å²) < 4.78 is 4.85. The summed E-state index contributed by atoms with van der Waals surface area (Å²) in [5, 5.41) is 6.15. The summed E-state index contributed by atoms with van der Waals surface area (Å²) in [6.45, 7) is 4.92. The number of anilines is 1. The van der Waals surface area contributed by atoms with Gasteiger partial charge in [0.1, 0.15) is 5.78 Å². The fourth-order valence-electron chi connectivity index (χ4n) is 0.929. The number of aromatic nitrogens is 1. The van der Waals surface area contributed by atoms with Crippen LogP contribution in [0.5, 0.6) is 0 Å². The van der Waals surface area contributed by atoms with Gasteiger partial charge in [-0.1, -0.05) is 5.16 Å². The summed E-state index contributed by atoms with van der Waals surface area (Å²) in [6.07, 6.45) is -0.140. The van der Waals surface area contributed by atoms with Gasteiger partial charge in [0.15, 0.2) is 0 Å². The van der Waals surface area contributed by atoms with Gasteiger partial charge in [-0.05, 0) is 20.8 Å². The van der Waals surface area contributed by atoms with Gasteiger partial charge in [-0.25, -0.2) is 0 Å². The molecule has 0 aliphatic carbocycles. The molecule has 76 valence electrons. The number of carbonyl (C=O) groups excluding carboxylic acids is 2. The Labute approximate surface area is 81.5 Å². The first kappa shape index (κ1) is 10.4. The van der Waals surface area contributed by atoms with E-state index in [1.165, 1.54) is 6.92 Å². The van der Waals surface area contributed by atoms with Gasteiger partial charge in [0.2, 0.25) is 11.8 Å². The second kappa shape index (κ2) is 4.04. The Kier molecular flexibility index (Phi) is 3.01. The zero-order valence-electron chi connectivity index (χ0n) is 8.38. The fraction of sp³-hybridized carbons (Fsp3) is 0.444. The number of rotatable bonds is 3. The van der Waals surface area contributed by atoms with E-state index < -0.39 is 0 Å². The molecule has 14 heavy (non-hydrogen) atoms. The normalized spacial score (nSPS) is 9.93. The Morgan fingerprint density at radius 1 is 1.43 bits per heavy atom. The fourth-order valence-corrected chi connectivity index (χ4v) is 0.929. The third kappa shape index (κ3) is 2.42. The number of carbonyl (C=O) groups is 2. The molecule has 1 rings (SSSR count). The minimum absolute atomic E-state index is 0.140. The van der Waals surface area contributed by atoms with Crippen molar-refractivity contribution in [2.24, 2.45) is 0 Å². The number of hydrogen-bond donors (Lipinski definition) is 1. The minimum Gasteiger partial charge on any atom is -0.338 e. The minimum atomic E-state index is -0.378. The van der Waals surface area contributed by atoms with Gasteiger partial charge >= 0.3 is 0 Å². The molecular weight excluding hydrogens is 184 g/mol. The molecule has 0 aliphatic heterocycles. The van der Waals surface area contributed by atoms with Crippen LogP contribution in [0.15, 0.2) is 4.52 Å². The van der Waals surface area contributed by atoms with E-state index in [2.05, 4.69) is 10.5 Å². The van der Waals surface area contributed by atoms with Crippen LogP contribution in [0.3, 0.4) is 0 Å². The van der Waals surface area contributed by atoms with Crippen molar-refractivity contribution in [3.63, 3.8) is 0 Å². The zero-order chi connectivity index (χ0) is 10.7. The molecule has 1 N–H and O–H groups in total. The Hall–Kier alpha value is -1.65. The summed E-state index contributed by atoms with van der Waals surface area (Å²) in [7, 11) is 0. The third-order valence-corrected chi connectivity index (χ3v) is 1.82. The highest BCUT2D eigenvalue weighted by Crippen LogP contribution is 2.17. The van der Waals surface area contributed by atoms with Gasteiger partial charge in [0.25, 0.3) is 0 Å². The van der Waals surface area contributed by atoms with Crippen LogP contribution in [-0.4, -0.2) is 16.8 Å². The van der Waals surface area contributed by atoms with Crippen molar-refractivity contribution in [2.45, 2.75) is 27.2 Å². The van der Waals surface area contributed by atoms with Crippen molar-refractivity contribution in [3.8, 4) is 0 Å². The van der Waals surface area contributed by atoms with Crippen LogP contribution in [0, 0.1) is 13.8 Å². The van der Waals surface area contributed by atoms with E-state index in [1.807, 2.05) is 0 Å². The highest BCUT2D eigenvalue weighted by atomic mass is 16.5. The van der Waals surface area contributed by atoms with Crippen molar-refractivity contribution < 1.29 is 14.1 Å². The van der Waals surface area contributed by atoms with Crippen LogP contribution in [-0.2, 0) is 9.59 Å².